The van der Waals surface area contributed by atoms with Crippen LogP contribution in [0.15, 0.2) is 24.3 Å². The van der Waals surface area contributed by atoms with Crippen molar-refractivity contribution in [3.05, 3.63) is 35.6 Å². The number of carbonyl (C=O) groups excluding carboxylic acids is 2. The molecule has 0 aliphatic carbocycles. The average molecular weight is 429 g/mol. The Balaban J connectivity index is 2.72. The van der Waals surface area contributed by atoms with Gasteiger partial charge in [0.2, 0.25) is 11.8 Å². The molecule has 5 N–H and O–H groups in total. The van der Waals surface area contributed by atoms with Gasteiger partial charge < -0.3 is 30.7 Å². The maximum Gasteiger partial charge on any atom is 0.249 e. The van der Waals surface area contributed by atoms with E-state index >= 15 is 0 Å². The molecule has 30 heavy (non-hydrogen) atoms. The van der Waals surface area contributed by atoms with E-state index in [1.54, 1.807) is 12.1 Å². The Kier molecular flexibility index (Phi) is 10.9. The molecule has 0 heterocycles. The molecule has 0 radical (unpaired) electrons. The first-order chi connectivity index (χ1) is 14.1. The summed E-state index contributed by atoms with van der Waals surface area (Å²) >= 11 is 0. The molecule has 3 atom stereocenters. The van der Waals surface area contributed by atoms with Gasteiger partial charge in [0.25, 0.3) is 0 Å². The lowest BCUT2D eigenvalue weighted by Gasteiger charge is -2.25. The fraction of sp³-hybridized carbons (Fsp3) is 0.619. The van der Waals surface area contributed by atoms with Crippen LogP contribution in [0.1, 0.15) is 38.2 Å². The maximum atomic E-state index is 13.3. The molecule has 0 aliphatic heterocycles. The molecule has 0 fully saturated rings. The number of ether oxygens (including phenoxy) is 2. The fourth-order valence-corrected chi connectivity index (χ4v) is 3.00. The number of aliphatic hydroxyl groups excluding tert-OH is 1. The molecule has 170 valence electrons. The Bertz CT molecular complexity index is 681. The molecule has 0 aromatic heterocycles. The van der Waals surface area contributed by atoms with E-state index in [-0.39, 0.29) is 37.5 Å². The molecular formula is C21H33FN2O6. The lowest BCUT2D eigenvalue weighted by Crippen LogP contribution is -2.43. The van der Waals surface area contributed by atoms with Crippen LogP contribution in [-0.4, -0.2) is 60.8 Å². The highest BCUT2D eigenvalue weighted by molar-refractivity contribution is 5.83. The molecule has 0 saturated heterocycles. The van der Waals surface area contributed by atoms with E-state index < -0.39 is 29.8 Å². The highest BCUT2D eigenvalue weighted by Gasteiger charge is 2.31. The number of aliphatic hydroxyl groups is 2. The number of rotatable bonds is 14. The Morgan fingerprint density at radius 3 is 2.50 bits per heavy atom. The molecular weight excluding hydrogens is 395 g/mol. The fourth-order valence-electron chi connectivity index (χ4n) is 3.00. The second-order valence-corrected chi connectivity index (χ2v) is 7.58. The number of hydrogen-bond donors (Lipinski definition) is 4. The lowest BCUT2D eigenvalue weighted by molar-refractivity contribution is -0.137. The number of benzene rings is 1. The predicted octanol–water partition coefficient (Wildman–Crippen LogP) is 0.877. The van der Waals surface area contributed by atoms with Crippen molar-refractivity contribution in [3.8, 4) is 0 Å². The first-order valence-corrected chi connectivity index (χ1v) is 9.87. The molecule has 1 rings (SSSR count). The van der Waals surface area contributed by atoms with Gasteiger partial charge in [-0.25, -0.2) is 4.39 Å². The van der Waals surface area contributed by atoms with Crippen molar-refractivity contribution in [2.45, 2.75) is 57.0 Å². The summed E-state index contributed by atoms with van der Waals surface area (Å²) in [5, 5.41) is 23.2. The number of hydrogen-bond acceptors (Lipinski definition) is 6. The van der Waals surface area contributed by atoms with Gasteiger partial charge in [0.1, 0.15) is 11.4 Å². The number of amides is 2. The van der Waals surface area contributed by atoms with Crippen molar-refractivity contribution < 1.29 is 33.7 Å². The SMILES string of the molecule is COC(CNC(=O)C(CCC(C)(O)C(N)=O)CC(O)CCc1cccc(F)c1)OC. The highest BCUT2D eigenvalue weighted by Crippen LogP contribution is 2.22. The van der Waals surface area contributed by atoms with Crippen LogP contribution in [0.25, 0.3) is 0 Å². The minimum absolute atomic E-state index is 0.0327. The number of nitrogens with one attached hydrogen (secondary N) is 1. The Hall–Kier alpha value is -2.07. The number of carbonyl (C=O) groups is 2. The van der Waals surface area contributed by atoms with Gasteiger partial charge in [-0.1, -0.05) is 12.1 Å². The van der Waals surface area contributed by atoms with Crippen molar-refractivity contribution in [2.24, 2.45) is 11.7 Å². The van der Waals surface area contributed by atoms with Crippen LogP contribution >= 0.6 is 0 Å². The largest absolute Gasteiger partial charge is 0.393 e. The zero-order chi connectivity index (χ0) is 22.7. The summed E-state index contributed by atoms with van der Waals surface area (Å²) in [5.41, 5.74) is 4.18. The topological polar surface area (TPSA) is 131 Å². The van der Waals surface area contributed by atoms with E-state index in [0.717, 1.165) is 5.56 Å². The van der Waals surface area contributed by atoms with Crippen LogP contribution in [0.2, 0.25) is 0 Å². The molecule has 3 unspecified atom stereocenters. The monoisotopic (exact) mass is 428 g/mol. The number of nitrogens with two attached hydrogens (primary N) is 1. The number of methoxy groups -OCH3 is 2. The van der Waals surface area contributed by atoms with Crippen LogP contribution in [0.3, 0.4) is 0 Å². The number of primary amides is 1. The van der Waals surface area contributed by atoms with E-state index in [0.29, 0.717) is 12.8 Å². The molecule has 0 bridgehead atoms. The number of aryl methyl sites for hydroxylation is 1. The van der Waals surface area contributed by atoms with E-state index in [9.17, 15) is 24.2 Å². The van der Waals surface area contributed by atoms with Crippen molar-refractivity contribution >= 4 is 11.8 Å². The van der Waals surface area contributed by atoms with Crippen LogP contribution in [-0.2, 0) is 25.5 Å². The summed E-state index contributed by atoms with van der Waals surface area (Å²) in [7, 11) is 2.88. The third-order valence-corrected chi connectivity index (χ3v) is 5.06. The minimum Gasteiger partial charge on any atom is -0.393 e. The molecule has 1 aromatic rings. The van der Waals surface area contributed by atoms with Crippen molar-refractivity contribution in [1.82, 2.24) is 5.32 Å². The number of halogens is 1. The van der Waals surface area contributed by atoms with Crippen LogP contribution < -0.4 is 11.1 Å². The van der Waals surface area contributed by atoms with Crippen LogP contribution in [0.5, 0.6) is 0 Å². The zero-order valence-electron chi connectivity index (χ0n) is 17.8. The van der Waals surface area contributed by atoms with Crippen molar-refractivity contribution in [3.63, 3.8) is 0 Å². The zero-order valence-corrected chi connectivity index (χ0v) is 17.8. The van der Waals surface area contributed by atoms with E-state index in [1.165, 1.54) is 33.3 Å². The highest BCUT2D eigenvalue weighted by atomic mass is 19.1. The maximum absolute atomic E-state index is 13.3. The first-order valence-electron chi connectivity index (χ1n) is 9.87. The first kappa shape index (κ1) is 26.0. The molecule has 9 heteroatoms. The van der Waals surface area contributed by atoms with Crippen LogP contribution in [0.4, 0.5) is 4.39 Å². The van der Waals surface area contributed by atoms with Gasteiger partial charge in [-0.05, 0) is 56.7 Å². The molecule has 8 nitrogen and oxygen atoms in total. The van der Waals surface area contributed by atoms with E-state index in [2.05, 4.69) is 5.32 Å². The van der Waals surface area contributed by atoms with Gasteiger partial charge in [0.15, 0.2) is 6.29 Å². The summed E-state index contributed by atoms with van der Waals surface area (Å²) in [4.78, 5) is 24.0. The second-order valence-electron chi connectivity index (χ2n) is 7.58. The minimum atomic E-state index is -1.76. The summed E-state index contributed by atoms with van der Waals surface area (Å²) in [5.74, 6) is -2.27. The standard InChI is InChI=1S/C21H33FN2O6/c1-21(28,20(23)27)10-9-15(19(26)24-13-18(29-2)30-3)12-17(25)8-7-14-5-4-6-16(22)11-14/h4-6,11,15,17-18,25,28H,7-10,12-13H2,1-3H3,(H2,23,27)(H,24,26). The third kappa shape index (κ3) is 9.17. The van der Waals surface area contributed by atoms with Gasteiger partial charge >= 0.3 is 0 Å². The Labute approximate surface area is 176 Å². The van der Waals surface area contributed by atoms with Crippen molar-refractivity contribution in [2.75, 3.05) is 20.8 Å². The lowest BCUT2D eigenvalue weighted by atomic mass is 9.88. The summed E-state index contributed by atoms with van der Waals surface area (Å²) in [6, 6.07) is 6.11. The Morgan fingerprint density at radius 2 is 1.93 bits per heavy atom. The average Bonchev–Trinajstić information content (AvgIpc) is 2.70. The van der Waals surface area contributed by atoms with Gasteiger partial charge in [-0.2, -0.15) is 0 Å². The van der Waals surface area contributed by atoms with Crippen LogP contribution in [0, 0.1) is 11.7 Å². The van der Waals surface area contributed by atoms with Crippen molar-refractivity contribution in [1.29, 1.82) is 0 Å². The molecule has 0 spiro atoms. The van der Waals surface area contributed by atoms with E-state index in [1.807, 2.05) is 0 Å². The predicted molar refractivity (Wildman–Crippen MR) is 109 cm³/mol. The quantitative estimate of drug-likeness (QED) is 0.325. The molecule has 1 aromatic carbocycles. The van der Waals surface area contributed by atoms with Gasteiger partial charge in [-0.3, -0.25) is 9.59 Å². The Morgan fingerprint density at radius 1 is 1.27 bits per heavy atom. The van der Waals surface area contributed by atoms with Gasteiger partial charge in [0.05, 0.1) is 12.6 Å². The summed E-state index contributed by atoms with van der Waals surface area (Å²) < 4.78 is 23.4. The normalized spacial score (nSPS) is 15.4. The van der Waals surface area contributed by atoms with Gasteiger partial charge in [0, 0.05) is 20.1 Å². The molecule has 0 saturated carbocycles. The van der Waals surface area contributed by atoms with Gasteiger partial charge in [-0.15, -0.1) is 0 Å². The second kappa shape index (κ2) is 12.6. The summed E-state index contributed by atoms with van der Waals surface area (Å²) in [6.07, 6.45) is -0.455. The van der Waals surface area contributed by atoms with E-state index in [4.69, 9.17) is 15.2 Å². The summed E-state index contributed by atoms with van der Waals surface area (Å²) in [6.45, 7) is 1.39. The smallest absolute Gasteiger partial charge is 0.249 e. The molecule has 0 aliphatic rings. The molecule has 2 amide bonds. The third-order valence-electron chi connectivity index (χ3n) is 5.06.